The summed E-state index contributed by atoms with van der Waals surface area (Å²) in [6.45, 7) is 1.17. The molecule has 4 nitrogen and oxygen atoms in total. The summed E-state index contributed by atoms with van der Waals surface area (Å²) in [5.74, 6) is 0.495. The highest BCUT2D eigenvalue weighted by Crippen LogP contribution is 2.32. The first-order valence-electron chi connectivity index (χ1n) is 6.11. The Morgan fingerprint density at radius 1 is 1.41 bits per heavy atom. The maximum absolute atomic E-state index is 9.01. The number of hydrogen-bond acceptors (Lipinski definition) is 4. The smallest absolute Gasteiger partial charge is 0.0690 e. The third kappa shape index (κ3) is 2.06. The fraction of sp³-hybridized carbons (Fsp3) is 0.462. The van der Waals surface area contributed by atoms with Gasteiger partial charge in [0.25, 0.3) is 0 Å². The number of aromatic nitrogens is 1. The van der Waals surface area contributed by atoms with Gasteiger partial charge in [-0.25, -0.2) is 5.43 Å². The molecule has 0 amide bonds. The second-order valence-corrected chi connectivity index (χ2v) is 4.79. The molecule has 1 saturated carbocycles. The zero-order valence-corrected chi connectivity index (χ0v) is 9.71. The van der Waals surface area contributed by atoms with E-state index in [1.807, 2.05) is 24.4 Å². The van der Waals surface area contributed by atoms with E-state index in [-0.39, 0.29) is 0 Å². The number of aliphatic hydroxyl groups excluding tert-OH is 1. The fourth-order valence-electron chi connectivity index (χ4n) is 2.46. The lowest BCUT2D eigenvalue weighted by Gasteiger charge is -2.40. The van der Waals surface area contributed by atoms with Crippen LogP contribution in [0.5, 0.6) is 0 Å². The van der Waals surface area contributed by atoms with Gasteiger partial charge in [-0.05, 0) is 30.9 Å². The second kappa shape index (κ2) is 4.47. The van der Waals surface area contributed by atoms with Crippen molar-refractivity contribution in [2.45, 2.75) is 18.9 Å². The largest absolute Gasteiger partial charge is 0.396 e. The molecule has 1 aromatic rings. The fourth-order valence-corrected chi connectivity index (χ4v) is 2.46. The average Bonchev–Trinajstić information content (AvgIpc) is 2.78. The number of pyridine rings is 1. The zero-order valence-electron chi connectivity index (χ0n) is 9.71. The van der Waals surface area contributed by atoms with Crippen LogP contribution in [0, 0.1) is 5.92 Å². The van der Waals surface area contributed by atoms with E-state index in [0.29, 0.717) is 18.6 Å². The lowest BCUT2D eigenvalue weighted by molar-refractivity contribution is 0.0538. The Bertz CT molecular complexity index is 412. The summed E-state index contributed by atoms with van der Waals surface area (Å²) in [4.78, 5) is 4.35. The van der Waals surface area contributed by atoms with Crippen molar-refractivity contribution in [1.29, 1.82) is 0 Å². The third-order valence-corrected chi connectivity index (χ3v) is 3.60. The predicted molar refractivity (Wildman–Crippen MR) is 65.7 cm³/mol. The van der Waals surface area contributed by atoms with E-state index in [2.05, 4.69) is 21.6 Å². The molecule has 4 heteroatoms. The second-order valence-electron chi connectivity index (χ2n) is 4.79. The summed E-state index contributed by atoms with van der Waals surface area (Å²) in [7, 11) is 0. The van der Waals surface area contributed by atoms with E-state index < -0.39 is 0 Å². The van der Waals surface area contributed by atoms with Gasteiger partial charge in [0.15, 0.2) is 0 Å². The van der Waals surface area contributed by atoms with Gasteiger partial charge in [-0.2, -0.15) is 0 Å². The average molecular weight is 231 g/mol. The van der Waals surface area contributed by atoms with Crippen LogP contribution in [-0.2, 0) is 0 Å². The first kappa shape index (κ1) is 10.7. The van der Waals surface area contributed by atoms with E-state index in [9.17, 15) is 0 Å². The van der Waals surface area contributed by atoms with Crippen molar-refractivity contribution in [3.63, 3.8) is 0 Å². The summed E-state index contributed by atoms with van der Waals surface area (Å²) in [5, 5.41) is 11.2. The number of rotatable bonds is 3. The first-order valence-corrected chi connectivity index (χ1v) is 6.11. The molecule has 0 spiro atoms. The molecule has 0 bridgehead atoms. The van der Waals surface area contributed by atoms with Crippen LogP contribution in [0.25, 0.3) is 5.57 Å². The van der Waals surface area contributed by atoms with Crippen LogP contribution in [0.2, 0.25) is 0 Å². The predicted octanol–water partition coefficient (Wildman–Crippen LogP) is 1.01. The maximum Gasteiger partial charge on any atom is 0.0690 e. The number of nitrogens with zero attached hydrogens (tertiary/aromatic N) is 2. The normalized spacial score (nSPS) is 27.8. The monoisotopic (exact) mass is 231 g/mol. The van der Waals surface area contributed by atoms with E-state index >= 15 is 0 Å². The van der Waals surface area contributed by atoms with Crippen LogP contribution in [-0.4, -0.2) is 34.3 Å². The lowest BCUT2D eigenvalue weighted by atomic mass is 9.80. The Morgan fingerprint density at radius 3 is 3.00 bits per heavy atom. The molecular weight excluding hydrogens is 214 g/mol. The van der Waals surface area contributed by atoms with Crippen LogP contribution < -0.4 is 5.43 Å². The van der Waals surface area contributed by atoms with Gasteiger partial charge in [0.05, 0.1) is 5.69 Å². The van der Waals surface area contributed by atoms with Gasteiger partial charge in [-0.15, -0.1) is 0 Å². The highest BCUT2D eigenvalue weighted by Gasteiger charge is 2.33. The van der Waals surface area contributed by atoms with E-state index in [1.165, 1.54) is 5.57 Å². The topological polar surface area (TPSA) is 48.4 Å². The van der Waals surface area contributed by atoms with E-state index in [4.69, 9.17) is 5.11 Å². The molecule has 1 aliphatic carbocycles. The van der Waals surface area contributed by atoms with Gasteiger partial charge in [0, 0.05) is 37.2 Å². The van der Waals surface area contributed by atoms with Crippen LogP contribution in [0.15, 0.2) is 30.6 Å². The van der Waals surface area contributed by atoms with Gasteiger partial charge in [-0.1, -0.05) is 6.07 Å². The molecule has 3 rings (SSSR count). The Balaban J connectivity index is 1.66. The van der Waals surface area contributed by atoms with Crippen LogP contribution in [0.3, 0.4) is 0 Å². The quantitative estimate of drug-likeness (QED) is 0.815. The van der Waals surface area contributed by atoms with Crippen LogP contribution in [0.1, 0.15) is 18.5 Å². The van der Waals surface area contributed by atoms with Crippen molar-refractivity contribution >= 4 is 5.57 Å². The van der Waals surface area contributed by atoms with Crippen molar-refractivity contribution in [1.82, 2.24) is 15.4 Å². The Kier molecular flexibility index (Phi) is 2.82. The number of nitrogens with one attached hydrogen (secondary N) is 1. The van der Waals surface area contributed by atoms with Gasteiger partial charge in [0.1, 0.15) is 0 Å². The molecule has 17 heavy (non-hydrogen) atoms. The van der Waals surface area contributed by atoms with Gasteiger partial charge < -0.3 is 10.1 Å². The lowest BCUT2D eigenvalue weighted by Crippen LogP contribution is -2.47. The molecule has 1 aliphatic heterocycles. The Labute approximate surface area is 101 Å². The molecular formula is C13H17N3O. The standard InChI is InChI=1S/C13H17N3O/c17-9-10-5-12(6-10)16-8-11(7-15-16)13-3-1-2-4-14-13/h1-4,8,10,12,15,17H,5-7,9H2. The summed E-state index contributed by atoms with van der Waals surface area (Å²) in [6, 6.07) is 6.51. The first-order chi connectivity index (χ1) is 8.36. The van der Waals surface area contributed by atoms with Crippen molar-refractivity contribution in [3.05, 3.63) is 36.3 Å². The van der Waals surface area contributed by atoms with Gasteiger partial charge in [0.2, 0.25) is 0 Å². The van der Waals surface area contributed by atoms with Crippen molar-refractivity contribution < 1.29 is 5.11 Å². The molecule has 0 aromatic carbocycles. The van der Waals surface area contributed by atoms with Crippen molar-refractivity contribution in [2.75, 3.05) is 13.2 Å². The van der Waals surface area contributed by atoms with Crippen LogP contribution >= 0.6 is 0 Å². The summed E-state index contributed by atoms with van der Waals surface area (Å²) in [6.07, 6.45) is 6.13. The molecule has 0 unspecified atom stereocenters. The summed E-state index contributed by atoms with van der Waals surface area (Å²) >= 11 is 0. The van der Waals surface area contributed by atoms with Gasteiger partial charge >= 0.3 is 0 Å². The molecule has 2 heterocycles. The molecule has 90 valence electrons. The number of hydrazine groups is 1. The van der Waals surface area contributed by atoms with Gasteiger partial charge in [-0.3, -0.25) is 4.98 Å². The maximum atomic E-state index is 9.01. The molecule has 0 saturated heterocycles. The molecule has 2 N–H and O–H groups in total. The molecule has 2 aliphatic rings. The molecule has 1 fully saturated rings. The van der Waals surface area contributed by atoms with Crippen LogP contribution in [0.4, 0.5) is 0 Å². The minimum atomic E-state index is 0.321. The summed E-state index contributed by atoms with van der Waals surface area (Å²) < 4.78 is 0. The molecule has 0 radical (unpaired) electrons. The zero-order chi connectivity index (χ0) is 11.7. The summed E-state index contributed by atoms with van der Waals surface area (Å²) in [5.41, 5.74) is 5.65. The SMILES string of the molecule is OCC1CC(N2C=C(c3ccccn3)CN2)C1. The third-order valence-electron chi connectivity index (χ3n) is 3.60. The van der Waals surface area contributed by atoms with E-state index in [1.54, 1.807) is 0 Å². The molecule has 0 atom stereocenters. The minimum Gasteiger partial charge on any atom is -0.396 e. The van der Waals surface area contributed by atoms with Crippen molar-refractivity contribution in [3.8, 4) is 0 Å². The molecule has 1 aromatic heterocycles. The Morgan fingerprint density at radius 2 is 2.29 bits per heavy atom. The highest BCUT2D eigenvalue weighted by atomic mass is 16.3. The Hall–Kier alpha value is -1.39. The number of aliphatic hydroxyl groups is 1. The van der Waals surface area contributed by atoms with E-state index in [0.717, 1.165) is 25.1 Å². The minimum absolute atomic E-state index is 0.321. The highest BCUT2D eigenvalue weighted by molar-refractivity contribution is 5.65. The van der Waals surface area contributed by atoms with Crippen molar-refractivity contribution in [2.24, 2.45) is 5.92 Å². The number of hydrogen-bond donors (Lipinski definition) is 2.